The fourth-order valence-electron chi connectivity index (χ4n) is 2.39. The summed E-state index contributed by atoms with van der Waals surface area (Å²) in [5.41, 5.74) is 7.31. The third-order valence-corrected chi connectivity index (χ3v) is 4.52. The van der Waals surface area contributed by atoms with Crippen LogP contribution >= 0.6 is 28.3 Å². The average Bonchev–Trinajstić information content (AvgIpc) is 2.84. The highest BCUT2D eigenvalue weighted by Crippen LogP contribution is 2.28. The number of anilines is 1. The molecule has 0 aromatic heterocycles. The van der Waals surface area contributed by atoms with Crippen molar-refractivity contribution < 1.29 is 9.59 Å². The van der Waals surface area contributed by atoms with Crippen LogP contribution in [0.15, 0.2) is 22.7 Å². The number of aryl methyl sites for hydroxylation is 1. The van der Waals surface area contributed by atoms with E-state index in [0.717, 1.165) is 22.1 Å². The Morgan fingerprint density at radius 3 is 2.86 bits per heavy atom. The molecule has 1 heterocycles. The van der Waals surface area contributed by atoms with Crippen molar-refractivity contribution in [2.45, 2.75) is 19.8 Å². The summed E-state index contributed by atoms with van der Waals surface area (Å²) in [6, 6.07) is 5.77. The molecule has 1 aliphatic rings. The van der Waals surface area contributed by atoms with Crippen LogP contribution in [-0.4, -0.2) is 31.4 Å². The SMILES string of the molecule is Cc1cc(N2CC(C(=O)NCCCN)CC2=O)ccc1Br.Cl. The smallest absolute Gasteiger partial charge is 0.227 e. The lowest BCUT2D eigenvalue weighted by atomic mass is 10.1. The van der Waals surface area contributed by atoms with E-state index in [0.29, 0.717) is 19.6 Å². The van der Waals surface area contributed by atoms with Crippen LogP contribution in [0.5, 0.6) is 0 Å². The van der Waals surface area contributed by atoms with Crippen LogP contribution in [0.25, 0.3) is 0 Å². The summed E-state index contributed by atoms with van der Waals surface area (Å²) < 4.78 is 1.01. The molecule has 2 amide bonds. The molecule has 5 nitrogen and oxygen atoms in total. The van der Waals surface area contributed by atoms with E-state index in [4.69, 9.17) is 5.73 Å². The van der Waals surface area contributed by atoms with Gasteiger partial charge < -0.3 is 16.0 Å². The molecular formula is C15H21BrClN3O2. The first kappa shape index (κ1) is 18.9. The number of carbonyl (C=O) groups is 2. The monoisotopic (exact) mass is 389 g/mol. The van der Waals surface area contributed by atoms with Gasteiger partial charge in [0.25, 0.3) is 0 Å². The van der Waals surface area contributed by atoms with Gasteiger partial charge in [-0.1, -0.05) is 15.9 Å². The van der Waals surface area contributed by atoms with E-state index in [-0.39, 0.29) is 36.6 Å². The Morgan fingerprint density at radius 2 is 2.23 bits per heavy atom. The lowest BCUT2D eigenvalue weighted by Gasteiger charge is -2.17. The number of carbonyl (C=O) groups excluding carboxylic acids is 2. The number of nitrogens with two attached hydrogens (primary N) is 1. The summed E-state index contributed by atoms with van der Waals surface area (Å²) in [7, 11) is 0. The quantitative estimate of drug-likeness (QED) is 0.755. The molecule has 1 fully saturated rings. The molecule has 0 spiro atoms. The standard InChI is InChI=1S/C15H20BrN3O2.ClH/c1-10-7-12(3-4-13(10)16)19-9-11(8-14(19)20)15(21)18-6-2-5-17;/h3-4,7,11H,2,5-6,8-9,17H2,1H3,(H,18,21);1H. The van der Waals surface area contributed by atoms with Crippen molar-refractivity contribution >= 4 is 45.8 Å². The number of halogens is 2. The van der Waals surface area contributed by atoms with Gasteiger partial charge in [-0.25, -0.2) is 0 Å². The van der Waals surface area contributed by atoms with E-state index in [9.17, 15) is 9.59 Å². The number of hydrogen-bond acceptors (Lipinski definition) is 3. The van der Waals surface area contributed by atoms with Crippen LogP contribution < -0.4 is 16.0 Å². The molecule has 1 saturated heterocycles. The van der Waals surface area contributed by atoms with Crippen molar-refractivity contribution in [3.05, 3.63) is 28.2 Å². The highest BCUT2D eigenvalue weighted by Gasteiger charge is 2.34. The van der Waals surface area contributed by atoms with Gasteiger partial charge in [0.05, 0.1) is 5.92 Å². The maximum Gasteiger partial charge on any atom is 0.227 e. The molecule has 0 aliphatic carbocycles. The summed E-state index contributed by atoms with van der Waals surface area (Å²) in [4.78, 5) is 25.8. The van der Waals surface area contributed by atoms with E-state index in [1.807, 2.05) is 25.1 Å². The van der Waals surface area contributed by atoms with E-state index < -0.39 is 0 Å². The van der Waals surface area contributed by atoms with Crippen molar-refractivity contribution in [2.24, 2.45) is 11.7 Å². The van der Waals surface area contributed by atoms with Crippen LogP contribution in [0, 0.1) is 12.8 Å². The molecule has 0 bridgehead atoms. The Kier molecular flexibility index (Phi) is 7.32. The Hall–Kier alpha value is -1.11. The molecule has 2 rings (SSSR count). The molecule has 7 heteroatoms. The molecule has 3 N–H and O–H groups in total. The average molecular weight is 391 g/mol. The number of benzene rings is 1. The molecule has 122 valence electrons. The Bertz CT molecular complexity index is 554. The van der Waals surface area contributed by atoms with Gasteiger partial charge in [0, 0.05) is 29.7 Å². The fraction of sp³-hybridized carbons (Fsp3) is 0.467. The highest BCUT2D eigenvalue weighted by atomic mass is 79.9. The van der Waals surface area contributed by atoms with Crippen LogP contribution in [0.4, 0.5) is 5.69 Å². The fourth-order valence-corrected chi connectivity index (χ4v) is 2.63. The molecular weight excluding hydrogens is 370 g/mol. The van der Waals surface area contributed by atoms with Gasteiger partial charge in [0.2, 0.25) is 11.8 Å². The first-order chi connectivity index (χ1) is 10.0. The molecule has 22 heavy (non-hydrogen) atoms. The first-order valence-electron chi connectivity index (χ1n) is 7.07. The number of hydrogen-bond donors (Lipinski definition) is 2. The minimum atomic E-state index is -0.278. The van der Waals surface area contributed by atoms with Crippen LogP contribution in [0.1, 0.15) is 18.4 Å². The third kappa shape index (κ3) is 4.44. The summed E-state index contributed by atoms with van der Waals surface area (Å²) in [5.74, 6) is -0.344. The van der Waals surface area contributed by atoms with Crippen LogP contribution in [0.3, 0.4) is 0 Å². The Balaban J connectivity index is 0.00000242. The molecule has 0 saturated carbocycles. The van der Waals surface area contributed by atoms with Gasteiger partial charge in [-0.3, -0.25) is 9.59 Å². The minimum absolute atomic E-state index is 0. The second kappa shape index (κ2) is 8.50. The van der Waals surface area contributed by atoms with Gasteiger partial charge in [-0.15, -0.1) is 12.4 Å². The van der Waals surface area contributed by atoms with Crippen LogP contribution in [0.2, 0.25) is 0 Å². The van der Waals surface area contributed by atoms with Crippen molar-refractivity contribution in [3.63, 3.8) is 0 Å². The van der Waals surface area contributed by atoms with Gasteiger partial charge in [-0.05, 0) is 43.7 Å². The van der Waals surface area contributed by atoms with E-state index in [1.165, 1.54) is 0 Å². The van der Waals surface area contributed by atoms with Crippen molar-refractivity contribution in [1.82, 2.24) is 5.32 Å². The van der Waals surface area contributed by atoms with Gasteiger partial charge in [0.1, 0.15) is 0 Å². The Morgan fingerprint density at radius 1 is 1.50 bits per heavy atom. The molecule has 1 unspecified atom stereocenters. The molecule has 1 aromatic rings. The third-order valence-electron chi connectivity index (χ3n) is 3.63. The lowest BCUT2D eigenvalue weighted by molar-refractivity contribution is -0.126. The van der Waals surface area contributed by atoms with Crippen molar-refractivity contribution in [1.29, 1.82) is 0 Å². The predicted octanol–water partition coefficient (Wildman–Crippen LogP) is 2.00. The second-order valence-corrected chi connectivity index (χ2v) is 6.13. The van der Waals surface area contributed by atoms with Crippen molar-refractivity contribution in [2.75, 3.05) is 24.5 Å². The zero-order valence-electron chi connectivity index (χ0n) is 12.5. The van der Waals surface area contributed by atoms with E-state index in [2.05, 4.69) is 21.2 Å². The normalized spacial score (nSPS) is 17.3. The number of nitrogens with one attached hydrogen (secondary N) is 1. The molecule has 1 aromatic carbocycles. The largest absolute Gasteiger partial charge is 0.356 e. The topological polar surface area (TPSA) is 75.4 Å². The minimum Gasteiger partial charge on any atom is -0.356 e. The molecule has 1 atom stereocenters. The maximum atomic E-state index is 12.1. The zero-order chi connectivity index (χ0) is 15.4. The number of rotatable bonds is 5. The number of nitrogens with zero attached hydrogens (tertiary/aromatic N) is 1. The van der Waals surface area contributed by atoms with Crippen LogP contribution in [-0.2, 0) is 9.59 Å². The summed E-state index contributed by atoms with van der Waals surface area (Å²) in [6.07, 6.45) is 1.02. The summed E-state index contributed by atoms with van der Waals surface area (Å²) in [5, 5.41) is 2.83. The lowest BCUT2D eigenvalue weighted by Crippen LogP contribution is -2.34. The summed E-state index contributed by atoms with van der Waals surface area (Å²) >= 11 is 3.45. The maximum absolute atomic E-state index is 12.1. The van der Waals surface area contributed by atoms with Gasteiger partial charge in [0.15, 0.2) is 0 Å². The van der Waals surface area contributed by atoms with E-state index >= 15 is 0 Å². The Labute approximate surface area is 145 Å². The predicted molar refractivity (Wildman–Crippen MR) is 93.3 cm³/mol. The zero-order valence-corrected chi connectivity index (χ0v) is 14.9. The first-order valence-corrected chi connectivity index (χ1v) is 7.86. The summed E-state index contributed by atoms with van der Waals surface area (Å²) in [6.45, 7) is 3.53. The van der Waals surface area contributed by atoms with E-state index in [1.54, 1.807) is 4.90 Å². The molecule has 1 aliphatic heterocycles. The number of amides is 2. The van der Waals surface area contributed by atoms with Crippen molar-refractivity contribution in [3.8, 4) is 0 Å². The van der Waals surface area contributed by atoms with Gasteiger partial charge in [-0.2, -0.15) is 0 Å². The molecule has 0 radical (unpaired) electrons. The van der Waals surface area contributed by atoms with Gasteiger partial charge >= 0.3 is 0 Å². The highest BCUT2D eigenvalue weighted by molar-refractivity contribution is 9.10. The second-order valence-electron chi connectivity index (χ2n) is 5.27.